The van der Waals surface area contributed by atoms with Crippen molar-refractivity contribution in [2.45, 2.75) is 71.4 Å². The molecule has 0 N–H and O–H groups in total. The van der Waals surface area contributed by atoms with E-state index in [4.69, 9.17) is 6.42 Å². The molecule has 1 fully saturated rings. The average molecular weight is 221 g/mol. The van der Waals surface area contributed by atoms with Crippen molar-refractivity contribution in [2.75, 3.05) is 6.54 Å². The van der Waals surface area contributed by atoms with Crippen molar-refractivity contribution in [1.82, 2.24) is 4.90 Å². The minimum atomic E-state index is -0.0674. The number of nitrogens with zero attached hydrogens (tertiary/aromatic N) is 1. The number of hydrogen-bond acceptors (Lipinski definition) is 1. The SMILES string of the molecule is C#CC(C)(C)N1CCCCC1CCC(C)C. The topological polar surface area (TPSA) is 3.24 Å². The minimum absolute atomic E-state index is 0.0674. The maximum Gasteiger partial charge on any atom is 0.0768 e. The molecule has 0 bridgehead atoms. The number of terminal acetylenes is 1. The molecule has 1 nitrogen and oxygen atoms in total. The van der Waals surface area contributed by atoms with Crippen molar-refractivity contribution < 1.29 is 0 Å². The summed E-state index contributed by atoms with van der Waals surface area (Å²) < 4.78 is 0. The number of hydrogen-bond donors (Lipinski definition) is 0. The first kappa shape index (κ1) is 13.6. The third-order valence-electron chi connectivity index (χ3n) is 3.78. The molecule has 0 aromatic carbocycles. The van der Waals surface area contributed by atoms with E-state index in [2.05, 4.69) is 38.5 Å². The highest BCUT2D eigenvalue weighted by atomic mass is 15.2. The van der Waals surface area contributed by atoms with Gasteiger partial charge >= 0.3 is 0 Å². The summed E-state index contributed by atoms with van der Waals surface area (Å²) in [6.07, 6.45) is 12.3. The molecule has 1 rings (SSSR count). The van der Waals surface area contributed by atoms with E-state index in [1.165, 1.54) is 38.6 Å². The molecular formula is C15H27N. The van der Waals surface area contributed by atoms with Gasteiger partial charge in [0, 0.05) is 6.04 Å². The van der Waals surface area contributed by atoms with Crippen molar-refractivity contribution in [3.05, 3.63) is 0 Å². The van der Waals surface area contributed by atoms with E-state index < -0.39 is 0 Å². The lowest BCUT2D eigenvalue weighted by Gasteiger charge is -2.44. The summed E-state index contributed by atoms with van der Waals surface area (Å²) in [5.41, 5.74) is -0.0674. The summed E-state index contributed by atoms with van der Waals surface area (Å²) in [7, 11) is 0. The van der Waals surface area contributed by atoms with E-state index in [0.717, 1.165) is 5.92 Å². The highest BCUT2D eigenvalue weighted by molar-refractivity contribution is 5.10. The van der Waals surface area contributed by atoms with Gasteiger partial charge in [-0.1, -0.05) is 26.2 Å². The molecule has 1 aliphatic rings. The molecule has 16 heavy (non-hydrogen) atoms. The fourth-order valence-corrected chi connectivity index (χ4v) is 2.65. The Hall–Kier alpha value is -0.480. The first-order chi connectivity index (χ1) is 7.47. The van der Waals surface area contributed by atoms with Crippen molar-refractivity contribution in [1.29, 1.82) is 0 Å². The van der Waals surface area contributed by atoms with Gasteiger partial charge in [-0.05, 0) is 52.0 Å². The van der Waals surface area contributed by atoms with Gasteiger partial charge in [-0.2, -0.15) is 0 Å². The van der Waals surface area contributed by atoms with Crippen molar-refractivity contribution >= 4 is 0 Å². The Morgan fingerprint density at radius 3 is 2.62 bits per heavy atom. The van der Waals surface area contributed by atoms with E-state index in [1.807, 2.05) is 0 Å². The van der Waals surface area contributed by atoms with Gasteiger partial charge in [0.15, 0.2) is 0 Å². The summed E-state index contributed by atoms with van der Waals surface area (Å²) in [6, 6.07) is 0.710. The Morgan fingerprint density at radius 1 is 1.38 bits per heavy atom. The maximum atomic E-state index is 5.66. The van der Waals surface area contributed by atoms with E-state index >= 15 is 0 Å². The molecule has 0 radical (unpaired) electrons. The molecule has 92 valence electrons. The first-order valence-corrected chi connectivity index (χ1v) is 6.72. The van der Waals surface area contributed by atoms with Crippen LogP contribution in [0.2, 0.25) is 0 Å². The molecule has 0 aromatic rings. The fourth-order valence-electron chi connectivity index (χ4n) is 2.65. The minimum Gasteiger partial charge on any atom is -0.285 e. The van der Waals surface area contributed by atoms with Gasteiger partial charge in [0.1, 0.15) is 0 Å². The molecule has 1 heteroatoms. The lowest BCUT2D eigenvalue weighted by Crippen LogP contribution is -2.51. The highest BCUT2D eigenvalue weighted by Crippen LogP contribution is 2.28. The Labute approximate surface area is 102 Å². The van der Waals surface area contributed by atoms with Gasteiger partial charge < -0.3 is 0 Å². The van der Waals surface area contributed by atoms with Gasteiger partial charge in [0.05, 0.1) is 5.54 Å². The van der Waals surface area contributed by atoms with E-state index in [0.29, 0.717) is 6.04 Å². The zero-order valence-corrected chi connectivity index (χ0v) is 11.4. The number of piperidine rings is 1. The van der Waals surface area contributed by atoms with Gasteiger partial charge in [-0.25, -0.2) is 0 Å². The quantitative estimate of drug-likeness (QED) is 0.654. The lowest BCUT2D eigenvalue weighted by atomic mass is 9.90. The van der Waals surface area contributed by atoms with E-state index in [1.54, 1.807) is 0 Å². The van der Waals surface area contributed by atoms with Crippen molar-refractivity contribution in [2.24, 2.45) is 5.92 Å². The van der Waals surface area contributed by atoms with Gasteiger partial charge in [-0.15, -0.1) is 6.42 Å². The lowest BCUT2D eigenvalue weighted by molar-refractivity contribution is 0.0665. The van der Waals surface area contributed by atoms with Gasteiger partial charge in [0.25, 0.3) is 0 Å². The third kappa shape index (κ3) is 3.52. The maximum absolute atomic E-state index is 5.66. The van der Waals surface area contributed by atoms with Gasteiger partial charge in [-0.3, -0.25) is 4.90 Å². The zero-order chi connectivity index (χ0) is 12.2. The predicted octanol–water partition coefficient (Wildman–Crippen LogP) is 3.69. The van der Waals surface area contributed by atoms with E-state index in [-0.39, 0.29) is 5.54 Å². The second-order valence-corrected chi connectivity index (χ2v) is 6.02. The normalized spacial score (nSPS) is 23.4. The van der Waals surface area contributed by atoms with Crippen LogP contribution >= 0.6 is 0 Å². The molecule has 1 unspecified atom stereocenters. The molecule has 1 aliphatic heterocycles. The molecule has 0 spiro atoms. The molecule has 0 aromatic heterocycles. The molecule has 0 amide bonds. The molecule has 1 atom stereocenters. The number of rotatable bonds is 4. The summed E-state index contributed by atoms with van der Waals surface area (Å²) in [5.74, 6) is 3.76. The van der Waals surface area contributed by atoms with Crippen LogP contribution < -0.4 is 0 Å². The molecule has 0 aliphatic carbocycles. The van der Waals surface area contributed by atoms with Crippen molar-refractivity contribution in [3.63, 3.8) is 0 Å². The summed E-state index contributed by atoms with van der Waals surface area (Å²) in [4.78, 5) is 2.55. The van der Waals surface area contributed by atoms with Crippen LogP contribution in [-0.4, -0.2) is 23.0 Å². The Kier molecular flexibility index (Phi) is 4.87. The van der Waals surface area contributed by atoms with Crippen LogP contribution in [0.4, 0.5) is 0 Å². The largest absolute Gasteiger partial charge is 0.285 e. The van der Waals surface area contributed by atoms with Crippen LogP contribution in [0, 0.1) is 18.3 Å². The second-order valence-electron chi connectivity index (χ2n) is 6.02. The smallest absolute Gasteiger partial charge is 0.0768 e. The van der Waals surface area contributed by atoms with Gasteiger partial charge in [0.2, 0.25) is 0 Å². The molecular weight excluding hydrogens is 194 g/mol. The predicted molar refractivity (Wildman–Crippen MR) is 71.3 cm³/mol. The zero-order valence-electron chi connectivity index (χ0n) is 11.4. The molecule has 0 saturated carbocycles. The average Bonchev–Trinajstić information content (AvgIpc) is 2.26. The van der Waals surface area contributed by atoms with Crippen LogP contribution in [0.5, 0.6) is 0 Å². The monoisotopic (exact) mass is 221 g/mol. The van der Waals surface area contributed by atoms with E-state index in [9.17, 15) is 0 Å². The summed E-state index contributed by atoms with van der Waals surface area (Å²) >= 11 is 0. The summed E-state index contributed by atoms with van der Waals surface area (Å²) in [6.45, 7) is 10.2. The Bertz CT molecular complexity index is 247. The van der Waals surface area contributed by atoms with Crippen LogP contribution in [0.3, 0.4) is 0 Å². The van der Waals surface area contributed by atoms with Crippen molar-refractivity contribution in [3.8, 4) is 12.3 Å². The fraction of sp³-hybridized carbons (Fsp3) is 0.867. The summed E-state index contributed by atoms with van der Waals surface area (Å²) in [5, 5.41) is 0. The second kappa shape index (κ2) is 5.73. The van der Waals surface area contributed by atoms with Crippen LogP contribution in [0.25, 0.3) is 0 Å². The first-order valence-electron chi connectivity index (χ1n) is 6.72. The standard InChI is InChI=1S/C15H27N/c1-6-15(4,5)16-12-8-7-9-14(16)11-10-13(2)3/h1,13-14H,7-12H2,2-5H3. The number of likely N-dealkylation sites (tertiary alicyclic amines) is 1. The molecule has 1 heterocycles. The van der Waals surface area contributed by atoms with Crippen LogP contribution in [-0.2, 0) is 0 Å². The highest BCUT2D eigenvalue weighted by Gasteiger charge is 2.32. The van der Waals surface area contributed by atoms with Crippen LogP contribution in [0.1, 0.15) is 59.8 Å². The molecule has 1 saturated heterocycles. The Morgan fingerprint density at radius 2 is 2.06 bits per heavy atom. The third-order valence-corrected chi connectivity index (χ3v) is 3.78. The van der Waals surface area contributed by atoms with Crippen LogP contribution in [0.15, 0.2) is 0 Å². The Balaban J connectivity index is 2.61.